The molecule has 1 aromatic carbocycles. The smallest absolute Gasteiger partial charge is 0.256 e. The fourth-order valence-corrected chi connectivity index (χ4v) is 5.45. The quantitative estimate of drug-likeness (QED) is 0.749. The van der Waals surface area contributed by atoms with Gasteiger partial charge in [-0.2, -0.15) is 14.1 Å². The van der Waals surface area contributed by atoms with Gasteiger partial charge in [0.05, 0.1) is 22.9 Å². The number of carbonyl (C=O) groups is 1. The average molecular weight is 436 g/mol. The van der Waals surface area contributed by atoms with Crippen LogP contribution in [0.5, 0.6) is 0 Å². The Hall–Kier alpha value is -2.46. The van der Waals surface area contributed by atoms with Crippen LogP contribution in [0.2, 0.25) is 0 Å². The number of sulfonamides is 1. The number of fused-ring (bicyclic) bond motifs is 2. The van der Waals surface area contributed by atoms with E-state index in [0.29, 0.717) is 36.2 Å². The second-order valence-electron chi connectivity index (χ2n) is 8.76. The van der Waals surface area contributed by atoms with Gasteiger partial charge in [0.2, 0.25) is 10.0 Å². The number of aromatic nitrogens is 2. The van der Waals surface area contributed by atoms with E-state index in [0.717, 1.165) is 5.69 Å². The molecule has 2 aromatic rings. The third-order valence-electron chi connectivity index (χ3n) is 5.80. The van der Waals surface area contributed by atoms with E-state index in [4.69, 9.17) is 5.73 Å². The Labute approximate surface area is 175 Å². The average Bonchev–Trinajstić information content (AvgIpc) is 3.02. The number of nitrogens with two attached hydrogens (primary N) is 1. The predicted octanol–water partition coefficient (Wildman–Crippen LogP) is 2.33. The van der Waals surface area contributed by atoms with Crippen molar-refractivity contribution in [3.8, 4) is 0 Å². The molecule has 4 rings (SSSR count). The van der Waals surface area contributed by atoms with Gasteiger partial charge in [-0.25, -0.2) is 12.8 Å². The SMILES string of the molecule is CC(C)(C)S(=O)(=O)N1CCc2c(nn(C(=O)C3CCNc4ccc(F)cc43)c2N)C1. The van der Waals surface area contributed by atoms with E-state index in [9.17, 15) is 17.6 Å². The highest BCUT2D eigenvalue weighted by Gasteiger charge is 2.39. The van der Waals surface area contributed by atoms with Gasteiger partial charge < -0.3 is 11.1 Å². The molecule has 0 aliphatic carbocycles. The molecule has 3 heterocycles. The van der Waals surface area contributed by atoms with Crippen molar-refractivity contribution in [3.05, 3.63) is 40.8 Å². The topological polar surface area (TPSA) is 110 Å². The zero-order chi connectivity index (χ0) is 21.8. The molecule has 162 valence electrons. The molecule has 0 spiro atoms. The molecule has 0 saturated carbocycles. The third-order valence-corrected chi connectivity index (χ3v) is 8.34. The normalized spacial score (nSPS) is 19.7. The van der Waals surface area contributed by atoms with E-state index in [-0.39, 0.29) is 24.8 Å². The van der Waals surface area contributed by atoms with Crippen LogP contribution in [0.4, 0.5) is 15.9 Å². The van der Waals surface area contributed by atoms with Crippen molar-refractivity contribution in [2.75, 3.05) is 24.1 Å². The van der Waals surface area contributed by atoms with Crippen LogP contribution in [0.25, 0.3) is 0 Å². The summed E-state index contributed by atoms with van der Waals surface area (Å²) in [5.41, 5.74) is 8.74. The first-order valence-corrected chi connectivity index (χ1v) is 11.4. The molecule has 10 heteroatoms. The Kier molecular flexibility index (Phi) is 4.89. The van der Waals surface area contributed by atoms with Gasteiger partial charge in [-0.15, -0.1) is 0 Å². The number of carbonyl (C=O) groups excluding carboxylic acids is 1. The maximum atomic E-state index is 13.8. The number of halogens is 1. The number of hydrogen-bond donors (Lipinski definition) is 2. The molecule has 1 atom stereocenters. The van der Waals surface area contributed by atoms with E-state index < -0.39 is 26.5 Å². The summed E-state index contributed by atoms with van der Waals surface area (Å²) >= 11 is 0. The largest absolute Gasteiger partial charge is 0.385 e. The second-order valence-corrected chi connectivity index (χ2v) is 11.5. The van der Waals surface area contributed by atoms with Gasteiger partial charge >= 0.3 is 0 Å². The van der Waals surface area contributed by atoms with E-state index in [1.165, 1.54) is 21.1 Å². The molecule has 0 amide bonds. The van der Waals surface area contributed by atoms with Crippen LogP contribution >= 0.6 is 0 Å². The Morgan fingerprint density at radius 1 is 1.33 bits per heavy atom. The van der Waals surface area contributed by atoms with Gasteiger partial charge in [0, 0.05) is 24.3 Å². The van der Waals surface area contributed by atoms with Crippen LogP contribution in [0.1, 0.15) is 54.7 Å². The van der Waals surface area contributed by atoms with E-state index in [2.05, 4.69) is 10.4 Å². The highest BCUT2D eigenvalue weighted by Crippen LogP contribution is 2.35. The molecule has 3 N–H and O–H groups in total. The van der Waals surface area contributed by atoms with Gasteiger partial charge in [-0.1, -0.05) is 0 Å². The standard InChI is InChI=1S/C20H26FN5O3S/c1-20(2,3)30(28,29)25-9-7-14-17(11-25)24-26(18(14)22)19(27)13-6-8-23-16-5-4-12(21)10-15(13)16/h4-5,10,13,23H,6-9,11,22H2,1-3H3. The maximum Gasteiger partial charge on any atom is 0.256 e. The number of benzene rings is 1. The van der Waals surface area contributed by atoms with E-state index in [1.807, 2.05) is 0 Å². The molecular weight excluding hydrogens is 409 g/mol. The minimum absolute atomic E-state index is 0.0802. The molecule has 0 saturated heterocycles. The monoisotopic (exact) mass is 435 g/mol. The molecular formula is C20H26FN5O3S. The summed E-state index contributed by atoms with van der Waals surface area (Å²) in [4.78, 5) is 13.3. The summed E-state index contributed by atoms with van der Waals surface area (Å²) in [5.74, 6) is -1.08. The molecule has 1 unspecified atom stereocenters. The first kappa shape index (κ1) is 20.8. The fraction of sp³-hybridized carbons (Fsp3) is 0.500. The molecule has 0 bridgehead atoms. The second kappa shape index (κ2) is 7.05. The Morgan fingerprint density at radius 3 is 2.77 bits per heavy atom. The van der Waals surface area contributed by atoms with E-state index in [1.54, 1.807) is 26.8 Å². The number of nitrogens with one attached hydrogen (secondary N) is 1. The van der Waals surface area contributed by atoms with Crippen LogP contribution < -0.4 is 11.1 Å². The molecule has 2 aliphatic heterocycles. The summed E-state index contributed by atoms with van der Waals surface area (Å²) in [6.07, 6.45) is 0.880. The molecule has 0 fully saturated rings. The number of nitrogen functional groups attached to an aromatic ring is 1. The van der Waals surface area contributed by atoms with Crippen molar-refractivity contribution in [1.82, 2.24) is 14.1 Å². The fourth-order valence-electron chi connectivity index (χ4n) is 4.05. The summed E-state index contributed by atoms with van der Waals surface area (Å²) in [7, 11) is -3.52. The summed E-state index contributed by atoms with van der Waals surface area (Å²) < 4.78 is 41.1. The molecule has 8 nitrogen and oxygen atoms in total. The van der Waals surface area contributed by atoms with Crippen LogP contribution in [0.3, 0.4) is 0 Å². The van der Waals surface area contributed by atoms with Crippen molar-refractivity contribution in [2.24, 2.45) is 0 Å². The van der Waals surface area contributed by atoms with Crippen molar-refractivity contribution >= 4 is 27.4 Å². The third kappa shape index (κ3) is 3.27. The van der Waals surface area contributed by atoms with Gasteiger partial charge in [0.1, 0.15) is 11.6 Å². The minimum atomic E-state index is -3.52. The van der Waals surface area contributed by atoms with Crippen LogP contribution in [0.15, 0.2) is 18.2 Å². The van der Waals surface area contributed by atoms with Gasteiger partial charge in [-0.3, -0.25) is 4.79 Å². The minimum Gasteiger partial charge on any atom is -0.385 e. The Bertz CT molecular complexity index is 1120. The van der Waals surface area contributed by atoms with Crippen LogP contribution in [-0.4, -0.2) is 46.2 Å². The maximum absolute atomic E-state index is 13.8. The molecule has 30 heavy (non-hydrogen) atoms. The van der Waals surface area contributed by atoms with Crippen molar-refractivity contribution in [3.63, 3.8) is 0 Å². The van der Waals surface area contributed by atoms with Crippen molar-refractivity contribution < 1.29 is 17.6 Å². The molecule has 1 aromatic heterocycles. The molecule has 2 aliphatic rings. The lowest BCUT2D eigenvalue weighted by Gasteiger charge is -2.31. The van der Waals surface area contributed by atoms with Crippen LogP contribution in [-0.2, 0) is 23.0 Å². The van der Waals surface area contributed by atoms with Crippen LogP contribution in [0, 0.1) is 5.82 Å². The lowest BCUT2D eigenvalue weighted by molar-refractivity contribution is 0.0859. The first-order valence-electron chi connectivity index (χ1n) is 9.94. The lowest BCUT2D eigenvalue weighted by Crippen LogP contribution is -2.45. The zero-order valence-corrected chi connectivity index (χ0v) is 18.1. The highest BCUT2D eigenvalue weighted by atomic mass is 32.2. The van der Waals surface area contributed by atoms with Crippen molar-refractivity contribution in [1.29, 1.82) is 0 Å². The number of nitrogens with zero attached hydrogens (tertiary/aromatic N) is 3. The lowest BCUT2D eigenvalue weighted by atomic mass is 9.90. The first-order chi connectivity index (χ1) is 14.0. The number of anilines is 2. The van der Waals surface area contributed by atoms with E-state index >= 15 is 0 Å². The summed E-state index contributed by atoms with van der Waals surface area (Å²) in [5, 5.41) is 7.56. The number of hydrogen-bond acceptors (Lipinski definition) is 6. The summed E-state index contributed by atoms with van der Waals surface area (Å²) in [6.45, 7) is 5.91. The summed E-state index contributed by atoms with van der Waals surface area (Å²) in [6, 6.07) is 4.34. The van der Waals surface area contributed by atoms with Gasteiger partial charge in [0.25, 0.3) is 5.91 Å². The number of rotatable bonds is 2. The highest BCUT2D eigenvalue weighted by molar-refractivity contribution is 7.90. The zero-order valence-electron chi connectivity index (χ0n) is 17.3. The predicted molar refractivity (Wildman–Crippen MR) is 112 cm³/mol. The molecule has 0 radical (unpaired) electrons. The Morgan fingerprint density at radius 2 is 2.07 bits per heavy atom. The van der Waals surface area contributed by atoms with Gasteiger partial charge in [0.15, 0.2) is 0 Å². The van der Waals surface area contributed by atoms with Gasteiger partial charge in [-0.05, 0) is 57.4 Å². The Balaban J connectivity index is 1.67. The van der Waals surface area contributed by atoms with Crippen molar-refractivity contribution in [2.45, 2.75) is 50.8 Å².